The molecule has 1 aliphatic carbocycles. The van der Waals surface area contributed by atoms with Gasteiger partial charge >= 0.3 is 12.1 Å². The summed E-state index contributed by atoms with van der Waals surface area (Å²) in [7, 11) is 3.20. The maximum atomic E-state index is 13.0. The van der Waals surface area contributed by atoms with Gasteiger partial charge in [-0.2, -0.15) is 5.10 Å². The molecule has 0 aromatic heterocycles. The van der Waals surface area contributed by atoms with Crippen molar-refractivity contribution in [1.82, 2.24) is 26.3 Å². The number of ether oxygens (including phenoxy) is 2. The molecule has 1 saturated heterocycles. The van der Waals surface area contributed by atoms with Crippen LogP contribution in [0, 0.1) is 11.8 Å². The molecule has 5 amide bonds. The summed E-state index contributed by atoms with van der Waals surface area (Å²) >= 11 is 0. The van der Waals surface area contributed by atoms with Crippen LogP contribution in [0.5, 0.6) is 0 Å². The Morgan fingerprint density at radius 1 is 1.11 bits per heavy atom. The Balaban J connectivity index is 1.80. The normalized spacial score (nSPS) is 24.9. The van der Waals surface area contributed by atoms with E-state index in [0.717, 1.165) is 25.7 Å². The van der Waals surface area contributed by atoms with Crippen molar-refractivity contribution in [2.24, 2.45) is 16.9 Å². The fourth-order valence-corrected chi connectivity index (χ4v) is 4.56. The lowest BCUT2D eigenvalue weighted by atomic mass is 9.81. The topological polar surface area (TPSA) is 150 Å². The number of nitrogens with zero attached hydrogens (tertiary/aromatic N) is 2. The van der Waals surface area contributed by atoms with E-state index in [4.69, 9.17) is 9.47 Å². The second kappa shape index (κ2) is 14.2. The number of hydrazone groups is 1. The van der Waals surface area contributed by atoms with Crippen LogP contribution in [0.25, 0.3) is 0 Å². The molecule has 0 aromatic carbocycles. The van der Waals surface area contributed by atoms with Gasteiger partial charge in [0.1, 0.15) is 11.6 Å². The highest BCUT2D eigenvalue weighted by molar-refractivity contribution is 5.88. The largest absolute Gasteiger partial charge is 0.444 e. The Morgan fingerprint density at radius 3 is 2.35 bits per heavy atom. The molecule has 0 unspecified atom stereocenters. The zero-order chi connectivity index (χ0) is 27.6. The third-order valence-electron chi connectivity index (χ3n) is 6.73. The SMILES string of the molecule is CC[C@@H](/C=N/NC(=O)NC[C@H]1CC[C@H](C(=O)NC)CC1)NC(=O)[C@@H]1C[C@@H](OC)CN1C(=O)OC(C)(C)C. The first-order chi connectivity index (χ1) is 17.5. The van der Waals surface area contributed by atoms with Crippen LogP contribution in [0.1, 0.15) is 66.2 Å². The van der Waals surface area contributed by atoms with Crippen molar-refractivity contribution in [3.8, 4) is 0 Å². The number of nitrogens with one attached hydrogen (secondary N) is 4. The smallest absolute Gasteiger partial charge is 0.411 e. The number of rotatable bonds is 9. The molecule has 0 spiro atoms. The van der Waals surface area contributed by atoms with Crippen LogP contribution in [0.4, 0.5) is 9.59 Å². The highest BCUT2D eigenvalue weighted by Gasteiger charge is 2.42. The number of amides is 5. The number of carbonyl (C=O) groups is 4. The van der Waals surface area contributed by atoms with Crippen molar-refractivity contribution >= 4 is 30.2 Å². The van der Waals surface area contributed by atoms with E-state index in [9.17, 15) is 19.2 Å². The molecule has 1 heterocycles. The Hall–Kier alpha value is -2.89. The minimum atomic E-state index is -0.725. The van der Waals surface area contributed by atoms with Crippen LogP contribution in [-0.4, -0.2) is 86.1 Å². The van der Waals surface area contributed by atoms with E-state index in [2.05, 4.69) is 26.5 Å². The molecule has 12 nitrogen and oxygen atoms in total. The number of methoxy groups -OCH3 is 1. The van der Waals surface area contributed by atoms with Gasteiger partial charge in [-0.1, -0.05) is 6.92 Å². The lowest BCUT2D eigenvalue weighted by Gasteiger charge is -2.28. The molecular formula is C25H44N6O6. The summed E-state index contributed by atoms with van der Waals surface area (Å²) < 4.78 is 10.8. The Kier molecular flexibility index (Phi) is 11.6. The van der Waals surface area contributed by atoms with Crippen molar-refractivity contribution in [3.05, 3.63) is 0 Å². The molecule has 2 rings (SSSR count). The highest BCUT2D eigenvalue weighted by atomic mass is 16.6. The van der Waals surface area contributed by atoms with Gasteiger partial charge in [-0.15, -0.1) is 0 Å². The average molecular weight is 525 g/mol. The molecule has 0 aromatic rings. The number of hydrogen-bond donors (Lipinski definition) is 4. The fraction of sp³-hybridized carbons (Fsp3) is 0.800. The second-order valence-electron chi connectivity index (χ2n) is 10.7. The Bertz CT molecular complexity index is 821. The van der Waals surface area contributed by atoms with Crippen LogP contribution in [0.15, 0.2) is 5.10 Å². The van der Waals surface area contributed by atoms with Gasteiger partial charge in [0.15, 0.2) is 0 Å². The van der Waals surface area contributed by atoms with Gasteiger partial charge in [-0.25, -0.2) is 15.0 Å². The first kappa shape index (κ1) is 30.3. The van der Waals surface area contributed by atoms with Crippen LogP contribution >= 0.6 is 0 Å². The predicted octanol–water partition coefficient (Wildman–Crippen LogP) is 1.74. The summed E-state index contributed by atoms with van der Waals surface area (Å²) in [6, 6.07) is -1.59. The fourth-order valence-electron chi connectivity index (χ4n) is 4.56. The van der Waals surface area contributed by atoms with Crippen molar-refractivity contribution in [1.29, 1.82) is 0 Å². The number of carbonyl (C=O) groups excluding carboxylic acids is 4. The molecule has 1 saturated carbocycles. The molecule has 1 aliphatic heterocycles. The van der Waals surface area contributed by atoms with Gasteiger partial charge < -0.3 is 25.4 Å². The standard InChI is InChI=1S/C25H44N6O6/c1-7-18(14-28-30-23(34)27-13-16-8-10-17(11-9-16)21(32)26-5)29-22(33)20-12-19(36-6)15-31(20)24(35)37-25(2,3)4/h14,16-20H,7-13,15H2,1-6H3,(H,26,32)(H,29,33)(H2,27,30,34)/b28-14+/t16-,17-,18-,19+,20-/m0/s1. The number of likely N-dealkylation sites (tertiary alicyclic amines) is 1. The molecule has 37 heavy (non-hydrogen) atoms. The van der Waals surface area contributed by atoms with Gasteiger partial charge in [-0.05, 0) is 58.8 Å². The highest BCUT2D eigenvalue weighted by Crippen LogP contribution is 2.28. The lowest BCUT2D eigenvalue weighted by molar-refractivity contribution is -0.126. The van der Waals surface area contributed by atoms with Crippen molar-refractivity contribution in [3.63, 3.8) is 0 Å². The maximum Gasteiger partial charge on any atom is 0.411 e. The Labute approximate surface area is 219 Å². The van der Waals surface area contributed by atoms with Gasteiger partial charge in [0.25, 0.3) is 0 Å². The second-order valence-corrected chi connectivity index (χ2v) is 10.7. The van der Waals surface area contributed by atoms with E-state index in [1.54, 1.807) is 34.9 Å². The third-order valence-corrected chi connectivity index (χ3v) is 6.73. The minimum absolute atomic E-state index is 0.0571. The first-order valence-corrected chi connectivity index (χ1v) is 13.1. The average Bonchev–Trinajstić information content (AvgIpc) is 3.31. The monoisotopic (exact) mass is 524 g/mol. The summed E-state index contributed by atoms with van der Waals surface area (Å²) in [5, 5.41) is 12.4. The molecule has 0 bridgehead atoms. The van der Waals surface area contributed by atoms with Gasteiger partial charge in [-0.3, -0.25) is 14.5 Å². The van der Waals surface area contributed by atoms with E-state index >= 15 is 0 Å². The van der Waals surface area contributed by atoms with Crippen molar-refractivity contribution in [2.45, 2.75) is 90.0 Å². The zero-order valence-electron chi connectivity index (χ0n) is 23.0. The van der Waals surface area contributed by atoms with E-state index in [1.165, 1.54) is 11.1 Å². The van der Waals surface area contributed by atoms with Crippen LogP contribution < -0.4 is 21.4 Å². The lowest BCUT2D eigenvalue weighted by Crippen LogP contribution is -2.50. The molecule has 0 radical (unpaired) electrons. The summed E-state index contributed by atoms with van der Waals surface area (Å²) in [6.45, 7) is 7.98. The molecule has 12 heteroatoms. The van der Waals surface area contributed by atoms with Gasteiger partial charge in [0.2, 0.25) is 11.8 Å². The Morgan fingerprint density at radius 2 is 1.78 bits per heavy atom. The van der Waals surface area contributed by atoms with Gasteiger partial charge in [0, 0.05) is 39.3 Å². The quantitative estimate of drug-likeness (QED) is 0.267. The van der Waals surface area contributed by atoms with Crippen molar-refractivity contribution < 1.29 is 28.7 Å². The molecule has 2 aliphatic rings. The van der Waals surface area contributed by atoms with E-state index in [0.29, 0.717) is 25.3 Å². The molecular weight excluding hydrogens is 480 g/mol. The van der Waals surface area contributed by atoms with Crippen LogP contribution in [-0.2, 0) is 19.1 Å². The van der Waals surface area contributed by atoms with Crippen LogP contribution in [0.2, 0.25) is 0 Å². The van der Waals surface area contributed by atoms with Crippen molar-refractivity contribution in [2.75, 3.05) is 27.2 Å². The number of hydrogen-bond acceptors (Lipinski definition) is 7. The summed E-state index contributed by atoms with van der Waals surface area (Å²) in [5.74, 6) is 0.135. The minimum Gasteiger partial charge on any atom is -0.444 e. The summed E-state index contributed by atoms with van der Waals surface area (Å²) in [6.07, 6.45) is 4.96. The van der Waals surface area contributed by atoms with E-state index in [1.807, 2.05) is 6.92 Å². The maximum absolute atomic E-state index is 13.0. The predicted molar refractivity (Wildman–Crippen MR) is 139 cm³/mol. The first-order valence-electron chi connectivity index (χ1n) is 13.1. The summed E-state index contributed by atoms with van der Waals surface area (Å²) in [5.41, 5.74) is 1.75. The van der Waals surface area contributed by atoms with Gasteiger partial charge in [0.05, 0.1) is 18.7 Å². The number of urea groups is 1. The molecule has 4 N–H and O–H groups in total. The van der Waals surface area contributed by atoms with Crippen LogP contribution in [0.3, 0.4) is 0 Å². The molecule has 3 atom stereocenters. The zero-order valence-corrected chi connectivity index (χ0v) is 23.0. The third kappa shape index (κ3) is 9.83. The van der Waals surface area contributed by atoms with E-state index < -0.39 is 29.8 Å². The van der Waals surface area contributed by atoms with E-state index in [-0.39, 0.29) is 30.4 Å². The summed E-state index contributed by atoms with van der Waals surface area (Å²) in [4.78, 5) is 50.9. The molecule has 210 valence electrons. The molecule has 2 fully saturated rings.